The number of nitrogens with zero attached hydrogens (tertiary/aromatic N) is 4. The molecule has 42 heavy (non-hydrogen) atoms. The maximum atomic E-state index is 14.1. The molecule has 4 aromatic rings. The van der Waals surface area contributed by atoms with Crippen LogP contribution in [0.15, 0.2) is 81.9 Å². The standard InChI is InChI=1S/C30H27ClN4O6S/c1-4-8-23-26(29(37)41-5-2)27(22-15-18(31)12-13-24(22)40-3)34-28(36)25(42-30(34)32-23)17-20-11-7-14-33(20)19-9-6-10-21(16-19)35(38)39/h6-7,9-17,27H,4-5,8H2,1-3H3/b25-17+/t27-/m1/s1. The highest BCUT2D eigenvalue weighted by Crippen LogP contribution is 2.38. The number of rotatable bonds is 9. The summed E-state index contributed by atoms with van der Waals surface area (Å²) in [5.74, 6) is -0.108. The number of aromatic nitrogens is 2. The Morgan fingerprint density at radius 3 is 2.71 bits per heavy atom. The highest BCUT2D eigenvalue weighted by Gasteiger charge is 2.36. The van der Waals surface area contributed by atoms with E-state index >= 15 is 0 Å². The van der Waals surface area contributed by atoms with Gasteiger partial charge in [0.25, 0.3) is 11.2 Å². The monoisotopic (exact) mass is 606 g/mol. The van der Waals surface area contributed by atoms with E-state index in [1.165, 1.54) is 35.1 Å². The van der Waals surface area contributed by atoms with Crippen LogP contribution in [0.3, 0.4) is 0 Å². The summed E-state index contributed by atoms with van der Waals surface area (Å²) in [4.78, 5) is 43.6. The number of nitro benzene ring substituents is 1. The quantitative estimate of drug-likeness (QED) is 0.151. The van der Waals surface area contributed by atoms with Gasteiger partial charge in [-0.15, -0.1) is 0 Å². The third kappa shape index (κ3) is 5.40. The molecule has 10 nitrogen and oxygen atoms in total. The largest absolute Gasteiger partial charge is 0.496 e. The molecule has 0 unspecified atom stereocenters. The van der Waals surface area contributed by atoms with Crippen LogP contribution < -0.4 is 19.6 Å². The normalized spacial score (nSPS) is 14.9. The fraction of sp³-hybridized carbons (Fsp3) is 0.233. The Morgan fingerprint density at radius 1 is 1.19 bits per heavy atom. The van der Waals surface area contributed by atoms with Gasteiger partial charge < -0.3 is 14.0 Å². The molecule has 216 valence electrons. The summed E-state index contributed by atoms with van der Waals surface area (Å²) in [7, 11) is 1.51. The molecule has 0 radical (unpaired) electrons. The lowest BCUT2D eigenvalue weighted by Gasteiger charge is -2.27. The highest BCUT2D eigenvalue weighted by atomic mass is 35.5. The molecule has 12 heteroatoms. The molecule has 0 N–H and O–H groups in total. The topological polar surface area (TPSA) is 118 Å². The van der Waals surface area contributed by atoms with E-state index in [4.69, 9.17) is 26.1 Å². The second kappa shape index (κ2) is 12.2. The summed E-state index contributed by atoms with van der Waals surface area (Å²) in [6.07, 6.45) is 4.68. The van der Waals surface area contributed by atoms with Gasteiger partial charge in [0, 0.05) is 34.6 Å². The van der Waals surface area contributed by atoms with Crippen molar-refractivity contribution in [2.45, 2.75) is 32.7 Å². The molecule has 2 aromatic carbocycles. The lowest BCUT2D eigenvalue weighted by atomic mass is 9.93. The van der Waals surface area contributed by atoms with Crippen molar-refractivity contribution >= 4 is 40.7 Å². The molecule has 3 heterocycles. The summed E-state index contributed by atoms with van der Waals surface area (Å²) < 4.78 is 14.7. The Morgan fingerprint density at radius 2 is 2.00 bits per heavy atom. The molecule has 2 aromatic heterocycles. The summed E-state index contributed by atoms with van der Waals surface area (Å²) in [6, 6.07) is 14.0. The lowest BCUT2D eigenvalue weighted by molar-refractivity contribution is -0.384. The van der Waals surface area contributed by atoms with Crippen molar-refractivity contribution in [1.82, 2.24) is 9.13 Å². The number of methoxy groups -OCH3 is 1. The maximum absolute atomic E-state index is 14.1. The van der Waals surface area contributed by atoms with E-state index in [0.717, 1.165) is 0 Å². The Labute approximate surface area is 249 Å². The number of carbonyl (C=O) groups excluding carboxylic acids is 1. The molecule has 1 aliphatic heterocycles. The first-order valence-electron chi connectivity index (χ1n) is 13.2. The van der Waals surface area contributed by atoms with Crippen LogP contribution in [0.1, 0.15) is 44.0 Å². The van der Waals surface area contributed by atoms with Gasteiger partial charge >= 0.3 is 5.97 Å². The number of hydrogen-bond acceptors (Lipinski definition) is 8. The fourth-order valence-corrected chi connectivity index (χ4v) is 6.16. The molecule has 0 fully saturated rings. The molecular formula is C30H27ClN4O6S. The molecule has 0 aliphatic carbocycles. The number of halogens is 1. The Hall–Kier alpha value is -4.48. The van der Waals surface area contributed by atoms with Crippen LogP contribution in [-0.2, 0) is 9.53 Å². The van der Waals surface area contributed by atoms with E-state index in [1.807, 2.05) is 6.92 Å². The van der Waals surface area contributed by atoms with Crippen LogP contribution in [0, 0.1) is 10.1 Å². The molecule has 0 bridgehead atoms. The van der Waals surface area contributed by atoms with Crippen molar-refractivity contribution in [3.63, 3.8) is 0 Å². The lowest BCUT2D eigenvalue weighted by Crippen LogP contribution is -2.40. The number of thiazole rings is 1. The first-order valence-corrected chi connectivity index (χ1v) is 14.4. The predicted octanol–water partition coefficient (Wildman–Crippen LogP) is 4.94. The van der Waals surface area contributed by atoms with Crippen molar-refractivity contribution < 1.29 is 19.2 Å². The second-order valence-electron chi connectivity index (χ2n) is 9.38. The van der Waals surface area contributed by atoms with Crippen LogP contribution in [0.2, 0.25) is 5.02 Å². The average Bonchev–Trinajstić information content (AvgIpc) is 3.56. The first-order chi connectivity index (χ1) is 20.3. The summed E-state index contributed by atoms with van der Waals surface area (Å²) >= 11 is 7.60. The average molecular weight is 607 g/mol. The zero-order chi connectivity index (χ0) is 30.0. The number of esters is 1. The minimum absolute atomic E-state index is 0.0445. The number of non-ortho nitro benzene ring substituents is 1. The Balaban J connectivity index is 1.75. The van der Waals surface area contributed by atoms with E-state index in [-0.39, 0.29) is 23.4 Å². The third-order valence-corrected chi connectivity index (χ3v) is 7.97. The van der Waals surface area contributed by atoms with Gasteiger partial charge in [-0.2, -0.15) is 0 Å². The zero-order valence-corrected chi connectivity index (χ0v) is 24.6. The van der Waals surface area contributed by atoms with Gasteiger partial charge in [0.2, 0.25) is 0 Å². The SMILES string of the molecule is CCCC1=C(C(=O)OCC)[C@@H](c2cc(Cl)ccc2OC)n2c(s/c(=C/c3cccn3-c3cccc([N+](=O)[O-])c3)c2=O)=N1. The number of nitro groups is 1. The molecular weight excluding hydrogens is 580 g/mol. The van der Waals surface area contributed by atoms with Gasteiger partial charge in [0.05, 0.1) is 40.1 Å². The smallest absolute Gasteiger partial charge is 0.338 e. The van der Waals surface area contributed by atoms with Crippen LogP contribution in [0.25, 0.3) is 11.8 Å². The van der Waals surface area contributed by atoms with Gasteiger partial charge in [0.1, 0.15) is 11.8 Å². The summed E-state index contributed by atoms with van der Waals surface area (Å²) in [5.41, 5.74) is 2.13. The van der Waals surface area contributed by atoms with Crippen molar-refractivity contribution in [3.05, 3.63) is 118 Å². The van der Waals surface area contributed by atoms with E-state index < -0.39 is 16.9 Å². The molecule has 0 saturated carbocycles. The predicted molar refractivity (Wildman–Crippen MR) is 160 cm³/mol. The number of fused-ring (bicyclic) bond motifs is 1. The van der Waals surface area contributed by atoms with Gasteiger partial charge in [-0.1, -0.05) is 42.3 Å². The Bertz CT molecular complexity index is 1900. The van der Waals surface area contributed by atoms with Crippen molar-refractivity contribution in [2.24, 2.45) is 4.99 Å². The number of ether oxygens (including phenoxy) is 2. The zero-order valence-electron chi connectivity index (χ0n) is 23.1. The van der Waals surface area contributed by atoms with Crippen molar-refractivity contribution in [3.8, 4) is 11.4 Å². The van der Waals surface area contributed by atoms with Gasteiger partial charge in [-0.25, -0.2) is 9.79 Å². The van der Waals surface area contributed by atoms with E-state index in [9.17, 15) is 19.7 Å². The minimum atomic E-state index is -0.888. The fourth-order valence-electron chi connectivity index (χ4n) is 4.97. The van der Waals surface area contributed by atoms with E-state index in [0.29, 0.717) is 55.6 Å². The summed E-state index contributed by atoms with van der Waals surface area (Å²) in [6.45, 7) is 3.86. The molecule has 5 rings (SSSR count). The first kappa shape index (κ1) is 29.0. The molecule has 1 atom stereocenters. The van der Waals surface area contributed by atoms with E-state index in [2.05, 4.69) is 0 Å². The number of allylic oxidation sites excluding steroid dienone is 1. The maximum Gasteiger partial charge on any atom is 0.338 e. The van der Waals surface area contributed by atoms with Crippen LogP contribution in [-0.4, -0.2) is 33.7 Å². The molecule has 0 spiro atoms. The minimum Gasteiger partial charge on any atom is -0.496 e. The van der Waals surface area contributed by atoms with Crippen LogP contribution >= 0.6 is 22.9 Å². The van der Waals surface area contributed by atoms with Crippen LogP contribution in [0.5, 0.6) is 5.75 Å². The van der Waals surface area contributed by atoms with Crippen LogP contribution in [0.4, 0.5) is 5.69 Å². The number of hydrogen-bond donors (Lipinski definition) is 0. The number of carbonyl (C=O) groups is 1. The molecule has 0 saturated heterocycles. The highest BCUT2D eigenvalue weighted by molar-refractivity contribution is 7.07. The van der Waals surface area contributed by atoms with Crippen molar-refractivity contribution in [1.29, 1.82) is 0 Å². The second-order valence-corrected chi connectivity index (χ2v) is 10.8. The summed E-state index contributed by atoms with van der Waals surface area (Å²) in [5, 5.41) is 11.8. The van der Waals surface area contributed by atoms with E-state index in [1.54, 1.807) is 66.2 Å². The number of benzene rings is 2. The Kier molecular flexibility index (Phi) is 8.41. The van der Waals surface area contributed by atoms with Gasteiger partial charge in [-0.3, -0.25) is 19.5 Å². The van der Waals surface area contributed by atoms with Crippen molar-refractivity contribution in [2.75, 3.05) is 13.7 Å². The molecule has 0 amide bonds. The van der Waals surface area contributed by atoms with Gasteiger partial charge in [0.15, 0.2) is 4.80 Å². The van der Waals surface area contributed by atoms with Gasteiger partial charge in [-0.05, 0) is 55.8 Å². The third-order valence-electron chi connectivity index (χ3n) is 6.76. The molecule has 1 aliphatic rings.